The van der Waals surface area contributed by atoms with Crippen molar-refractivity contribution in [1.29, 1.82) is 0 Å². The van der Waals surface area contributed by atoms with E-state index in [0.717, 1.165) is 84.7 Å². The summed E-state index contributed by atoms with van der Waals surface area (Å²) in [6, 6.07) is 8.08. The van der Waals surface area contributed by atoms with E-state index in [4.69, 9.17) is 9.05 Å². The number of rotatable bonds is 74. The minimum absolute atomic E-state index is 0. The van der Waals surface area contributed by atoms with E-state index in [-0.39, 0.29) is 48.6 Å². The van der Waals surface area contributed by atoms with Gasteiger partial charge in [-0.15, -0.1) is 0 Å². The number of aryl methyl sites for hydroxylation is 2. The van der Waals surface area contributed by atoms with Crippen LogP contribution in [0.4, 0.5) is 0 Å². The molecule has 0 saturated heterocycles. The van der Waals surface area contributed by atoms with Gasteiger partial charge in [0.1, 0.15) is 28.0 Å². The van der Waals surface area contributed by atoms with E-state index in [2.05, 4.69) is 69.2 Å². The maximum Gasteiger partial charge on any atom is 2.00 e. The maximum absolute atomic E-state index is 12.4. The van der Waals surface area contributed by atoms with Gasteiger partial charge in [0.15, 0.2) is 0 Å². The van der Waals surface area contributed by atoms with E-state index in [1.165, 1.54) is 360 Å². The molecule has 2 rings (SSSR count). The van der Waals surface area contributed by atoms with Crippen molar-refractivity contribution >= 4 is 54.2 Å². The van der Waals surface area contributed by atoms with E-state index < -0.39 is 27.7 Å². The first-order chi connectivity index (χ1) is 51.1. The average Bonchev–Trinajstić information content (AvgIpc) is 0.781. The molecule has 2 aromatic rings. The second-order valence-electron chi connectivity index (χ2n) is 35.8. The quantitative estimate of drug-likeness (QED) is 0.0379. The van der Waals surface area contributed by atoms with Crippen LogP contribution in [0.15, 0.2) is 24.3 Å². The van der Waals surface area contributed by atoms with Crippen LogP contribution in [0.3, 0.4) is 0 Å². The van der Waals surface area contributed by atoms with E-state index in [9.17, 15) is 29.1 Å². The van der Waals surface area contributed by atoms with Crippen LogP contribution in [0.25, 0.3) is 0 Å². The third kappa shape index (κ3) is 56.5. The van der Waals surface area contributed by atoms with Crippen LogP contribution < -0.4 is 9.79 Å². The van der Waals surface area contributed by atoms with E-state index in [1.807, 2.05) is 38.1 Å². The summed E-state index contributed by atoms with van der Waals surface area (Å²) >= 11 is 0. The van der Waals surface area contributed by atoms with Crippen LogP contribution >= 0.6 is 16.5 Å². The molecule has 0 amide bonds. The number of phenolic OH excluding ortho intramolecular Hbond substituents is 2. The molecule has 2 atom stereocenters. The molecule has 2 aromatic carbocycles. The van der Waals surface area contributed by atoms with Gasteiger partial charge in [-0.05, 0) is 108 Å². The molecule has 0 aliphatic heterocycles. The van der Waals surface area contributed by atoms with Crippen molar-refractivity contribution in [2.24, 2.45) is 0 Å². The molecule has 2 N–H and O–H groups in total. The van der Waals surface area contributed by atoms with Gasteiger partial charge in [0.2, 0.25) is 0 Å². The molecule has 107 heavy (non-hydrogen) atoms. The summed E-state index contributed by atoms with van der Waals surface area (Å²) in [5, 5.41) is 22.0. The predicted octanol–water partition coefficient (Wildman–Crippen LogP) is 32.1. The third-order valence-electron chi connectivity index (χ3n) is 23.6. The fourth-order valence-electron chi connectivity index (χ4n) is 16.5. The number of aromatic hydroxyl groups is 2. The molecule has 0 aliphatic carbocycles. The summed E-state index contributed by atoms with van der Waals surface area (Å²) < 4.78 is 36.8. The Balaban J connectivity index is 0.00000208. The van der Waals surface area contributed by atoms with Crippen LogP contribution in [0.1, 0.15) is 539 Å². The molecule has 0 aromatic heterocycles. The summed E-state index contributed by atoms with van der Waals surface area (Å²) in [4.78, 5) is 24.7. The van der Waals surface area contributed by atoms with Gasteiger partial charge in [0.25, 0.3) is 0 Å². The SMILES string of the molecule is CCCCCCCCCCCCCCCCCCC(CCCCCCCCCCCCCCCCCC)(O[PH](=O)[O-])c1cc(C)c(O)c(C(C)(C)C)c1.CCCCCCCCCCCCCCCCCCC(CCCCCCCCCCCCCCCCCC)(O[PH](=O)[O-])c1cc(C)c(O)c(C(C)(C)C)c1.[Ca+2]. The smallest absolute Gasteiger partial charge is 0.781 e. The summed E-state index contributed by atoms with van der Waals surface area (Å²) in [5.74, 6) is 0.629. The zero-order valence-corrected chi connectivity index (χ0v) is 77.7. The van der Waals surface area contributed by atoms with E-state index in [0.29, 0.717) is 37.2 Å². The molecule has 624 valence electrons. The normalized spacial score (nSPS) is 12.8. The molecule has 0 heterocycles. The molecule has 0 radical (unpaired) electrons. The van der Waals surface area contributed by atoms with Crippen molar-refractivity contribution in [3.05, 3.63) is 57.6 Å². The van der Waals surface area contributed by atoms with Crippen molar-refractivity contribution in [3.63, 3.8) is 0 Å². The van der Waals surface area contributed by atoms with E-state index in [1.54, 1.807) is 0 Å². The van der Waals surface area contributed by atoms with Crippen molar-refractivity contribution in [1.82, 2.24) is 0 Å². The molecule has 11 heteroatoms. The van der Waals surface area contributed by atoms with Gasteiger partial charge >= 0.3 is 37.7 Å². The van der Waals surface area contributed by atoms with Gasteiger partial charge in [-0.1, -0.05) is 480 Å². The van der Waals surface area contributed by atoms with Crippen molar-refractivity contribution < 1.29 is 38.2 Å². The Morgan fingerprint density at radius 3 is 0.542 bits per heavy atom. The number of unbranched alkanes of at least 4 members (excludes halogenated alkanes) is 60. The van der Waals surface area contributed by atoms with Crippen molar-refractivity contribution in [2.45, 2.75) is 542 Å². The molecule has 0 fully saturated rings. The molecule has 8 nitrogen and oxygen atoms in total. The topological polar surface area (TPSA) is 139 Å². The average molecular weight is 1560 g/mol. The maximum atomic E-state index is 12.4. The second kappa shape index (κ2) is 71.0. The fraction of sp³-hybridized carbons (Fsp3) is 0.875. The molecular weight excluding hydrogens is 1380 g/mol. The zero-order valence-electron chi connectivity index (χ0n) is 73.4. The first kappa shape index (κ1) is 107. The standard InChI is InChI=1S/2C48H91O4P.Ca/c2*1-7-9-11-13-15-17-19-21-23-25-27-29-31-33-35-37-39-48(52-53(50)51,44-41-43(3)46(49)45(42-44)47(4,5)6)40-38-36-34-32-30-28-26-24-22-20-18-16-14-12-10-8-2;/h2*41-42,49,53H,7-40H2,1-6H3,(H,50,51);/q;;+2/p-2. The van der Waals surface area contributed by atoms with Crippen LogP contribution in [-0.4, -0.2) is 48.0 Å². The predicted molar refractivity (Wildman–Crippen MR) is 469 cm³/mol. The zero-order chi connectivity index (χ0) is 78.1. The molecule has 0 spiro atoms. The molecule has 0 bridgehead atoms. The molecule has 0 saturated carbocycles. The third-order valence-corrected chi connectivity index (χ3v) is 24.7. The van der Waals surface area contributed by atoms with Gasteiger partial charge in [-0.2, -0.15) is 0 Å². The van der Waals surface area contributed by atoms with Crippen LogP contribution in [0, 0.1) is 13.8 Å². The van der Waals surface area contributed by atoms with E-state index >= 15 is 0 Å². The fourth-order valence-corrected chi connectivity index (χ4v) is 17.8. The minimum atomic E-state index is -3.41. The largest absolute Gasteiger partial charge is 2.00 e. The monoisotopic (exact) mass is 1560 g/mol. The van der Waals surface area contributed by atoms with Gasteiger partial charge in [-0.3, -0.25) is 0 Å². The number of benzene rings is 2. The van der Waals surface area contributed by atoms with Crippen LogP contribution in [0.2, 0.25) is 0 Å². The Bertz CT molecular complexity index is 2130. The minimum Gasteiger partial charge on any atom is -0.781 e. The molecule has 0 aliphatic rings. The number of hydrogen-bond donors (Lipinski definition) is 2. The Hall–Kier alpha value is -0.400. The van der Waals surface area contributed by atoms with Crippen molar-refractivity contribution in [2.75, 3.05) is 0 Å². The van der Waals surface area contributed by atoms with Gasteiger partial charge in [0, 0.05) is 0 Å². The Morgan fingerprint density at radius 1 is 0.271 bits per heavy atom. The summed E-state index contributed by atoms with van der Waals surface area (Å²) in [5.41, 5.74) is 2.93. The number of hydrogen-bond acceptors (Lipinski definition) is 8. The van der Waals surface area contributed by atoms with Gasteiger partial charge in [0.05, 0.1) is 11.2 Å². The molecular formula is C96H180CaO8P2. The van der Waals surface area contributed by atoms with Gasteiger partial charge < -0.3 is 38.2 Å². The number of phenols is 2. The van der Waals surface area contributed by atoms with Crippen LogP contribution in [-0.2, 0) is 40.2 Å². The Kier molecular flexibility index (Phi) is 70.7. The summed E-state index contributed by atoms with van der Waals surface area (Å²) in [6.45, 7) is 25.6. The first-order valence-electron chi connectivity index (χ1n) is 46.6. The first-order valence-corrected chi connectivity index (χ1v) is 49.1. The van der Waals surface area contributed by atoms with Gasteiger partial charge in [-0.25, -0.2) is 0 Å². The Morgan fingerprint density at radius 2 is 0.411 bits per heavy atom. The summed E-state index contributed by atoms with van der Waals surface area (Å²) in [6.07, 6.45) is 87.2. The molecule has 2 unspecified atom stereocenters. The summed E-state index contributed by atoms with van der Waals surface area (Å²) in [7, 11) is -6.82. The Labute approximate surface area is 697 Å². The second-order valence-corrected chi connectivity index (χ2v) is 37.2. The van der Waals surface area contributed by atoms with Crippen LogP contribution in [0.5, 0.6) is 11.5 Å². The van der Waals surface area contributed by atoms with Crippen molar-refractivity contribution in [3.8, 4) is 11.5 Å².